The summed E-state index contributed by atoms with van der Waals surface area (Å²) in [5, 5.41) is 0. The highest BCUT2D eigenvalue weighted by Gasteiger charge is 2.40. The van der Waals surface area contributed by atoms with Gasteiger partial charge in [0.05, 0.1) is 9.80 Å². The van der Waals surface area contributed by atoms with Crippen LogP contribution < -0.4 is 0 Å². The Morgan fingerprint density at radius 3 is 2.11 bits per heavy atom. The van der Waals surface area contributed by atoms with Crippen molar-refractivity contribution in [3.63, 3.8) is 0 Å². The second kappa shape index (κ2) is 6.93. The second-order valence-electron chi connectivity index (χ2n) is 7.17. The van der Waals surface area contributed by atoms with Crippen molar-refractivity contribution in [1.82, 2.24) is 0 Å². The number of rotatable bonds is 3. The molecular weight excluding hydrogens is 356 g/mol. The third-order valence-electron chi connectivity index (χ3n) is 5.52. The van der Waals surface area contributed by atoms with Gasteiger partial charge in [-0.1, -0.05) is 55.5 Å². The molecule has 2 aromatic rings. The molecule has 27 heavy (non-hydrogen) atoms. The Labute approximate surface area is 160 Å². The highest BCUT2D eigenvalue weighted by Crippen LogP contribution is 2.47. The summed E-state index contributed by atoms with van der Waals surface area (Å²) in [6.45, 7) is 1.85. The standard InChI is InChI=1S/C23H22O3S/c1-16-21-19(22(23(16)24)17-10-4-2-5-11-17)14-8-9-15-20(21)27(25,26)18-12-6-3-7-13-18/h2-7,10-13,16H,8-9,14-15H2,1H3. The molecule has 0 saturated carbocycles. The quantitative estimate of drug-likeness (QED) is 0.758. The van der Waals surface area contributed by atoms with Crippen molar-refractivity contribution in [2.75, 3.05) is 0 Å². The lowest BCUT2D eigenvalue weighted by Crippen LogP contribution is -2.13. The van der Waals surface area contributed by atoms with Gasteiger partial charge in [0.15, 0.2) is 5.78 Å². The van der Waals surface area contributed by atoms with Gasteiger partial charge in [-0.3, -0.25) is 4.79 Å². The van der Waals surface area contributed by atoms with Crippen molar-refractivity contribution >= 4 is 21.2 Å². The van der Waals surface area contributed by atoms with Gasteiger partial charge in [-0.2, -0.15) is 0 Å². The first-order valence-electron chi connectivity index (χ1n) is 9.38. The van der Waals surface area contributed by atoms with Gasteiger partial charge < -0.3 is 0 Å². The van der Waals surface area contributed by atoms with E-state index >= 15 is 0 Å². The molecule has 0 aliphatic heterocycles. The molecule has 2 aromatic carbocycles. The van der Waals surface area contributed by atoms with Crippen molar-refractivity contribution in [2.24, 2.45) is 5.92 Å². The van der Waals surface area contributed by atoms with Crippen LogP contribution in [-0.4, -0.2) is 14.2 Å². The van der Waals surface area contributed by atoms with E-state index in [0.717, 1.165) is 36.0 Å². The summed E-state index contributed by atoms with van der Waals surface area (Å²) < 4.78 is 26.8. The summed E-state index contributed by atoms with van der Waals surface area (Å²) in [5.41, 5.74) is 3.28. The zero-order valence-electron chi connectivity index (χ0n) is 15.3. The van der Waals surface area contributed by atoms with E-state index < -0.39 is 15.8 Å². The van der Waals surface area contributed by atoms with Gasteiger partial charge in [0.2, 0.25) is 9.84 Å². The van der Waals surface area contributed by atoms with Crippen LogP contribution in [0.2, 0.25) is 0 Å². The number of carbonyl (C=O) groups excluding carboxylic acids is 1. The maximum atomic E-state index is 13.4. The molecule has 4 heteroatoms. The number of Topliss-reactive ketones (excluding diaryl/α,β-unsaturated/α-hetero) is 1. The van der Waals surface area contributed by atoms with E-state index in [1.807, 2.05) is 43.3 Å². The molecule has 0 fully saturated rings. The maximum absolute atomic E-state index is 13.4. The molecule has 0 spiro atoms. The minimum atomic E-state index is -3.61. The van der Waals surface area contributed by atoms with Crippen LogP contribution in [0.3, 0.4) is 0 Å². The number of hydrogen-bond acceptors (Lipinski definition) is 3. The summed E-state index contributed by atoms with van der Waals surface area (Å²) >= 11 is 0. The number of carbonyl (C=O) groups is 1. The average Bonchev–Trinajstić information content (AvgIpc) is 2.84. The number of fused-ring (bicyclic) bond motifs is 1. The molecule has 0 radical (unpaired) electrons. The lowest BCUT2D eigenvalue weighted by atomic mass is 9.98. The Morgan fingerprint density at radius 2 is 1.44 bits per heavy atom. The summed E-state index contributed by atoms with van der Waals surface area (Å²) in [4.78, 5) is 13.9. The molecule has 0 amide bonds. The number of ketones is 1. The lowest BCUT2D eigenvalue weighted by Gasteiger charge is -2.15. The average molecular weight is 378 g/mol. The normalized spacial score (nSPS) is 20.6. The van der Waals surface area contributed by atoms with Crippen LogP contribution in [0.15, 0.2) is 81.6 Å². The van der Waals surface area contributed by atoms with Crippen molar-refractivity contribution in [1.29, 1.82) is 0 Å². The molecule has 1 atom stereocenters. The first kappa shape index (κ1) is 17.9. The van der Waals surface area contributed by atoms with Gasteiger partial charge in [-0.05, 0) is 54.5 Å². The minimum Gasteiger partial charge on any atom is -0.293 e. The zero-order valence-corrected chi connectivity index (χ0v) is 16.1. The molecule has 0 N–H and O–H groups in total. The largest absolute Gasteiger partial charge is 0.293 e. The van der Waals surface area contributed by atoms with Gasteiger partial charge in [-0.25, -0.2) is 8.42 Å². The molecule has 0 bridgehead atoms. The molecule has 138 valence electrons. The summed E-state index contributed by atoms with van der Waals surface area (Å²) in [6.07, 6.45) is 2.96. The van der Waals surface area contributed by atoms with E-state index in [-0.39, 0.29) is 5.78 Å². The molecule has 0 aromatic heterocycles. The highest BCUT2D eigenvalue weighted by molar-refractivity contribution is 7.95. The van der Waals surface area contributed by atoms with Crippen molar-refractivity contribution in [3.05, 3.63) is 82.3 Å². The van der Waals surface area contributed by atoms with Crippen LogP contribution in [0.25, 0.3) is 5.57 Å². The molecular formula is C23H22O3S. The van der Waals surface area contributed by atoms with Crippen molar-refractivity contribution in [3.8, 4) is 0 Å². The lowest BCUT2D eigenvalue weighted by molar-refractivity contribution is -0.115. The highest BCUT2D eigenvalue weighted by atomic mass is 32.2. The van der Waals surface area contributed by atoms with Crippen LogP contribution in [0.4, 0.5) is 0 Å². The second-order valence-corrected chi connectivity index (χ2v) is 9.14. The molecule has 1 unspecified atom stereocenters. The number of benzene rings is 2. The fourth-order valence-electron chi connectivity index (χ4n) is 4.23. The van der Waals surface area contributed by atoms with Gasteiger partial charge >= 0.3 is 0 Å². The van der Waals surface area contributed by atoms with Gasteiger partial charge in [-0.15, -0.1) is 0 Å². The fourth-order valence-corrected chi connectivity index (χ4v) is 6.03. The fraction of sp³-hybridized carbons (Fsp3) is 0.261. The maximum Gasteiger partial charge on any atom is 0.203 e. The first-order valence-corrected chi connectivity index (χ1v) is 10.9. The Morgan fingerprint density at radius 1 is 0.852 bits per heavy atom. The molecule has 3 nitrogen and oxygen atoms in total. The predicted octanol–water partition coefficient (Wildman–Crippen LogP) is 4.96. The van der Waals surface area contributed by atoms with E-state index in [2.05, 4.69) is 0 Å². The third kappa shape index (κ3) is 2.98. The Kier molecular flexibility index (Phi) is 4.60. The third-order valence-corrected chi connectivity index (χ3v) is 7.49. The Balaban J connectivity index is 1.97. The minimum absolute atomic E-state index is 0.0360. The van der Waals surface area contributed by atoms with E-state index in [0.29, 0.717) is 21.8 Å². The molecule has 0 heterocycles. The Hall–Kier alpha value is -2.46. The molecule has 2 aliphatic carbocycles. The SMILES string of the molecule is CC1C(=O)C(c2ccccc2)=C2CCCCC(S(=O)(=O)c3ccccc3)=C21. The summed E-state index contributed by atoms with van der Waals surface area (Å²) in [5.74, 6) is -0.379. The molecule has 4 rings (SSSR count). The van der Waals surface area contributed by atoms with Gasteiger partial charge in [0, 0.05) is 11.5 Å². The van der Waals surface area contributed by atoms with Gasteiger partial charge in [0.1, 0.15) is 0 Å². The molecule has 0 saturated heterocycles. The number of allylic oxidation sites excluding steroid dienone is 4. The van der Waals surface area contributed by atoms with Crippen LogP contribution in [0.1, 0.15) is 38.2 Å². The molecule has 2 aliphatic rings. The zero-order chi connectivity index (χ0) is 19.0. The number of sulfone groups is 1. The van der Waals surface area contributed by atoms with Crippen molar-refractivity contribution < 1.29 is 13.2 Å². The van der Waals surface area contributed by atoms with Crippen LogP contribution >= 0.6 is 0 Å². The van der Waals surface area contributed by atoms with E-state index in [9.17, 15) is 13.2 Å². The van der Waals surface area contributed by atoms with Crippen LogP contribution in [0.5, 0.6) is 0 Å². The van der Waals surface area contributed by atoms with E-state index in [1.165, 1.54) is 0 Å². The number of hydrogen-bond donors (Lipinski definition) is 0. The Bertz CT molecular complexity index is 1050. The monoisotopic (exact) mass is 378 g/mol. The summed E-state index contributed by atoms with van der Waals surface area (Å²) in [6, 6.07) is 18.2. The van der Waals surface area contributed by atoms with Crippen LogP contribution in [0, 0.1) is 5.92 Å². The smallest absolute Gasteiger partial charge is 0.203 e. The van der Waals surface area contributed by atoms with Crippen LogP contribution in [-0.2, 0) is 14.6 Å². The van der Waals surface area contributed by atoms with E-state index in [1.54, 1.807) is 24.3 Å². The first-order chi connectivity index (χ1) is 13.0. The van der Waals surface area contributed by atoms with Crippen molar-refractivity contribution in [2.45, 2.75) is 37.5 Å². The van der Waals surface area contributed by atoms with Gasteiger partial charge in [0.25, 0.3) is 0 Å². The van der Waals surface area contributed by atoms with E-state index in [4.69, 9.17) is 0 Å². The summed E-state index contributed by atoms with van der Waals surface area (Å²) in [7, 11) is -3.61. The topological polar surface area (TPSA) is 51.2 Å². The predicted molar refractivity (Wildman–Crippen MR) is 107 cm³/mol.